The zero-order chi connectivity index (χ0) is 14.6. The molecule has 0 radical (unpaired) electrons. The fourth-order valence-corrected chi connectivity index (χ4v) is 1.93. The molecular formula is C11H18N6OS. The Balaban J connectivity index is 2.58. The minimum Gasteiger partial charge on any atom is -0.368 e. The zero-order valence-electron chi connectivity index (χ0n) is 11.5. The van der Waals surface area contributed by atoms with Gasteiger partial charge in [0.1, 0.15) is 5.54 Å². The second-order valence-electron chi connectivity index (χ2n) is 4.71. The Bertz CT molecular complexity index is 506. The van der Waals surface area contributed by atoms with E-state index >= 15 is 0 Å². The molecule has 1 rings (SSSR count). The molecule has 1 heterocycles. The number of hydrogen-bond acceptors (Lipinski definition) is 6. The maximum absolute atomic E-state index is 11.8. The molecule has 104 valence electrons. The van der Waals surface area contributed by atoms with Crippen molar-refractivity contribution in [2.24, 2.45) is 13.0 Å². The average Bonchev–Trinajstić information content (AvgIpc) is 2.67. The Morgan fingerprint density at radius 3 is 2.68 bits per heavy atom. The molecule has 1 aromatic rings. The average molecular weight is 282 g/mol. The summed E-state index contributed by atoms with van der Waals surface area (Å²) < 4.78 is 1.60. The lowest BCUT2D eigenvalue weighted by molar-refractivity contribution is -0.120. The standard InChI is InChI=1S/C11H18N6OS/c1-7(2)11(3,6-12)14-8(18)5-19-10-16-15-9(13)17(10)4/h7H,5H2,1-4H3,(H2,13,15)(H,14,18). The monoisotopic (exact) mass is 282 g/mol. The molecule has 0 spiro atoms. The maximum atomic E-state index is 11.8. The summed E-state index contributed by atoms with van der Waals surface area (Å²) in [5.41, 5.74) is 4.68. The highest BCUT2D eigenvalue weighted by atomic mass is 32.2. The molecule has 0 fully saturated rings. The van der Waals surface area contributed by atoms with Crippen molar-refractivity contribution < 1.29 is 4.79 Å². The topological polar surface area (TPSA) is 110 Å². The van der Waals surface area contributed by atoms with E-state index in [0.29, 0.717) is 11.1 Å². The van der Waals surface area contributed by atoms with E-state index in [1.54, 1.807) is 18.5 Å². The lowest BCUT2D eigenvalue weighted by atomic mass is 9.90. The fourth-order valence-electron chi connectivity index (χ4n) is 1.21. The fraction of sp³-hybridized carbons (Fsp3) is 0.636. The number of anilines is 1. The van der Waals surface area contributed by atoms with Crippen LogP contribution in [0.3, 0.4) is 0 Å². The number of nitrogens with zero attached hydrogens (tertiary/aromatic N) is 4. The summed E-state index contributed by atoms with van der Waals surface area (Å²) in [6, 6.07) is 2.13. The number of rotatable bonds is 5. The van der Waals surface area contributed by atoms with Crippen molar-refractivity contribution in [2.45, 2.75) is 31.5 Å². The smallest absolute Gasteiger partial charge is 0.231 e. The van der Waals surface area contributed by atoms with Gasteiger partial charge in [0.2, 0.25) is 11.9 Å². The van der Waals surface area contributed by atoms with Gasteiger partial charge in [0.15, 0.2) is 5.16 Å². The Morgan fingerprint density at radius 1 is 1.63 bits per heavy atom. The summed E-state index contributed by atoms with van der Waals surface area (Å²) >= 11 is 1.23. The van der Waals surface area contributed by atoms with Crippen molar-refractivity contribution in [1.29, 1.82) is 5.26 Å². The molecule has 1 atom stereocenters. The molecule has 1 unspecified atom stereocenters. The van der Waals surface area contributed by atoms with Gasteiger partial charge in [-0.25, -0.2) is 0 Å². The van der Waals surface area contributed by atoms with Crippen molar-refractivity contribution in [3.05, 3.63) is 0 Å². The van der Waals surface area contributed by atoms with E-state index in [2.05, 4.69) is 21.6 Å². The van der Waals surface area contributed by atoms with Gasteiger partial charge >= 0.3 is 0 Å². The number of carbonyl (C=O) groups is 1. The highest BCUT2D eigenvalue weighted by Gasteiger charge is 2.29. The summed E-state index contributed by atoms with van der Waals surface area (Å²) in [5, 5.41) is 20.0. The second-order valence-corrected chi connectivity index (χ2v) is 5.65. The van der Waals surface area contributed by atoms with E-state index in [1.807, 2.05) is 13.8 Å². The van der Waals surface area contributed by atoms with E-state index in [9.17, 15) is 4.79 Å². The summed E-state index contributed by atoms with van der Waals surface area (Å²) in [4.78, 5) is 11.8. The SMILES string of the molecule is CC(C)C(C)(C#N)NC(=O)CSc1nnc(N)n1C. The van der Waals surface area contributed by atoms with Crippen molar-refractivity contribution in [1.82, 2.24) is 20.1 Å². The van der Waals surface area contributed by atoms with Gasteiger partial charge in [-0.2, -0.15) is 5.26 Å². The Kier molecular flexibility index (Phi) is 4.78. The first-order valence-corrected chi connectivity index (χ1v) is 6.78. The van der Waals surface area contributed by atoms with Gasteiger partial charge < -0.3 is 11.1 Å². The van der Waals surface area contributed by atoms with Crippen LogP contribution >= 0.6 is 11.8 Å². The minimum atomic E-state index is -0.865. The molecule has 0 aliphatic rings. The van der Waals surface area contributed by atoms with Crippen LogP contribution in [0.1, 0.15) is 20.8 Å². The Labute approximate surface area is 116 Å². The van der Waals surface area contributed by atoms with E-state index in [1.165, 1.54) is 11.8 Å². The zero-order valence-corrected chi connectivity index (χ0v) is 12.3. The number of nitrogen functional groups attached to an aromatic ring is 1. The molecule has 1 aromatic heterocycles. The number of amides is 1. The minimum absolute atomic E-state index is 0.0249. The predicted octanol–water partition coefficient (Wildman–Crippen LogP) is 0.544. The molecule has 0 bridgehead atoms. The normalized spacial score (nSPS) is 13.9. The van der Waals surface area contributed by atoms with Crippen molar-refractivity contribution in [2.75, 3.05) is 11.5 Å². The third-order valence-electron chi connectivity index (χ3n) is 2.99. The summed E-state index contributed by atoms with van der Waals surface area (Å²) in [6.45, 7) is 5.49. The van der Waals surface area contributed by atoms with Crippen LogP contribution in [0.25, 0.3) is 0 Å². The molecule has 0 aliphatic heterocycles. The Hall–Kier alpha value is -1.75. The third kappa shape index (κ3) is 3.61. The number of nitriles is 1. The molecular weight excluding hydrogens is 264 g/mol. The first-order valence-electron chi connectivity index (χ1n) is 5.80. The quantitative estimate of drug-likeness (QED) is 0.763. The third-order valence-corrected chi connectivity index (χ3v) is 4.01. The lowest BCUT2D eigenvalue weighted by Crippen LogP contribution is -2.49. The highest BCUT2D eigenvalue weighted by molar-refractivity contribution is 7.99. The molecule has 0 saturated heterocycles. The number of aromatic nitrogens is 3. The van der Waals surface area contributed by atoms with Crippen LogP contribution in [0.5, 0.6) is 0 Å². The molecule has 1 amide bonds. The lowest BCUT2D eigenvalue weighted by Gasteiger charge is -2.27. The van der Waals surface area contributed by atoms with Crippen LogP contribution in [0.4, 0.5) is 5.95 Å². The largest absolute Gasteiger partial charge is 0.368 e. The van der Waals surface area contributed by atoms with E-state index in [-0.39, 0.29) is 17.6 Å². The van der Waals surface area contributed by atoms with Gasteiger partial charge in [0.05, 0.1) is 11.8 Å². The molecule has 19 heavy (non-hydrogen) atoms. The molecule has 7 nitrogen and oxygen atoms in total. The van der Waals surface area contributed by atoms with E-state index < -0.39 is 5.54 Å². The number of nitrogens with one attached hydrogen (secondary N) is 1. The van der Waals surface area contributed by atoms with E-state index in [4.69, 9.17) is 11.0 Å². The highest BCUT2D eigenvalue weighted by Crippen LogP contribution is 2.18. The molecule has 8 heteroatoms. The first kappa shape index (κ1) is 15.3. The van der Waals surface area contributed by atoms with Crippen LogP contribution in [0.2, 0.25) is 0 Å². The van der Waals surface area contributed by atoms with Crippen LogP contribution in [0, 0.1) is 17.2 Å². The predicted molar refractivity (Wildman–Crippen MR) is 73.1 cm³/mol. The van der Waals surface area contributed by atoms with Crippen LogP contribution in [-0.4, -0.2) is 32.0 Å². The van der Waals surface area contributed by atoms with Gasteiger partial charge in [-0.3, -0.25) is 9.36 Å². The first-order chi connectivity index (χ1) is 8.80. The number of hydrogen-bond donors (Lipinski definition) is 2. The van der Waals surface area contributed by atoms with Crippen LogP contribution in [-0.2, 0) is 11.8 Å². The Morgan fingerprint density at radius 2 is 2.26 bits per heavy atom. The molecule has 0 aromatic carbocycles. The van der Waals surface area contributed by atoms with Crippen molar-refractivity contribution in [3.63, 3.8) is 0 Å². The van der Waals surface area contributed by atoms with Gasteiger partial charge in [-0.1, -0.05) is 25.6 Å². The summed E-state index contributed by atoms with van der Waals surface area (Å²) in [5.74, 6) is 0.267. The second kappa shape index (κ2) is 5.93. The van der Waals surface area contributed by atoms with Gasteiger partial charge in [0, 0.05) is 7.05 Å². The maximum Gasteiger partial charge on any atom is 0.231 e. The van der Waals surface area contributed by atoms with Crippen molar-refractivity contribution >= 4 is 23.6 Å². The number of nitrogens with two attached hydrogens (primary N) is 1. The van der Waals surface area contributed by atoms with Crippen LogP contribution in [0.15, 0.2) is 5.16 Å². The number of carbonyl (C=O) groups excluding carboxylic acids is 1. The molecule has 0 saturated carbocycles. The molecule has 3 N–H and O–H groups in total. The van der Waals surface area contributed by atoms with E-state index in [0.717, 1.165) is 0 Å². The number of thioether (sulfide) groups is 1. The van der Waals surface area contributed by atoms with Gasteiger partial charge in [-0.05, 0) is 12.8 Å². The molecule has 0 aliphatic carbocycles. The van der Waals surface area contributed by atoms with Crippen molar-refractivity contribution in [3.8, 4) is 6.07 Å². The summed E-state index contributed by atoms with van der Waals surface area (Å²) in [6.07, 6.45) is 0. The van der Waals surface area contributed by atoms with Gasteiger partial charge in [0.25, 0.3) is 0 Å². The summed E-state index contributed by atoms with van der Waals surface area (Å²) in [7, 11) is 1.73. The van der Waals surface area contributed by atoms with Crippen LogP contribution < -0.4 is 11.1 Å². The van der Waals surface area contributed by atoms with Gasteiger partial charge in [-0.15, -0.1) is 10.2 Å².